The second-order valence-corrected chi connectivity index (χ2v) is 20.7. The zero-order chi connectivity index (χ0) is 47.4. The summed E-state index contributed by atoms with van der Waals surface area (Å²) in [6.07, 6.45) is 21.3. The first kappa shape index (κ1) is 42.5. The number of nitrogens with zero attached hydrogens (tertiary/aromatic N) is 4. The van der Waals surface area contributed by atoms with E-state index in [1.54, 1.807) is 0 Å². The number of aromatic nitrogens is 2. The highest BCUT2D eigenvalue weighted by atomic mass is 15.3. The van der Waals surface area contributed by atoms with Crippen LogP contribution in [0.2, 0.25) is 0 Å². The molecule has 0 amide bonds. The highest BCUT2D eigenvalue weighted by Gasteiger charge is 2.49. The molecule has 4 heteroatoms. The van der Waals surface area contributed by atoms with E-state index in [-0.39, 0.29) is 29.5 Å². The molecule has 0 N–H and O–H groups in total. The van der Waals surface area contributed by atoms with Crippen molar-refractivity contribution in [2.24, 2.45) is 5.92 Å². The number of benzene rings is 7. The molecule has 0 spiro atoms. The van der Waals surface area contributed by atoms with Crippen molar-refractivity contribution in [2.75, 3.05) is 16.8 Å². The van der Waals surface area contributed by atoms with Gasteiger partial charge in [-0.2, -0.15) is 0 Å². The predicted octanol–water partition coefficient (Wildman–Crippen LogP) is 16.7. The van der Waals surface area contributed by atoms with E-state index >= 15 is 0 Å². The molecule has 2 aliphatic carbocycles. The van der Waals surface area contributed by atoms with Crippen LogP contribution in [0.15, 0.2) is 194 Å². The van der Waals surface area contributed by atoms with E-state index < -0.39 is 0 Å². The maximum Gasteiger partial charge on any atom is 0.113 e. The lowest BCUT2D eigenvalue weighted by molar-refractivity contribution is 0.308. The van der Waals surface area contributed by atoms with Crippen molar-refractivity contribution < 1.29 is 0 Å². The number of hydrogen-bond acceptors (Lipinski definition) is 2. The van der Waals surface area contributed by atoms with E-state index in [1.165, 1.54) is 105 Å². The van der Waals surface area contributed by atoms with E-state index in [1.807, 2.05) is 6.08 Å². The number of rotatable bonds is 7. The SMILES string of the molecule is C=C/C=C\c1c(C)ccc2c1c1c(n2C2C(c3cccc4c3c3ccccc3n4-c3ccccc3)C(CC)Cc3ccccc3N2C)C=C(N2c3cc4ccccc4cc3C3C=CC=CC32C)CC1C. The fourth-order valence-electron chi connectivity index (χ4n) is 13.8. The van der Waals surface area contributed by atoms with Crippen LogP contribution in [0, 0.1) is 12.8 Å². The molecule has 344 valence electrons. The summed E-state index contributed by atoms with van der Waals surface area (Å²) in [5, 5.41) is 6.60. The van der Waals surface area contributed by atoms with Gasteiger partial charge in [0.15, 0.2) is 0 Å². The van der Waals surface area contributed by atoms with Crippen molar-refractivity contribution in [3.63, 3.8) is 0 Å². The summed E-state index contributed by atoms with van der Waals surface area (Å²) in [7, 11) is 2.39. The van der Waals surface area contributed by atoms with Gasteiger partial charge in [0.2, 0.25) is 0 Å². The molecule has 0 bridgehead atoms. The Morgan fingerprint density at radius 3 is 2.31 bits per heavy atom. The fourth-order valence-corrected chi connectivity index (χ4v) is 13.8. The number of para-hydroxylation sites is 3. The molecule has 0 saturated heterocycles. The minimum absolute atomic E-state index is 0.0818. The second kappa shape index (κ2) is 16.3. The van der Waals surface area contributed by atoms with Gasteiger partial charge in [0, 0.05) is 63.5 Å². The fraction of sp³-hybridized carbons (Fsp3) is 0.212. The molecule has 4 nitrogen and oxygen atoms in total. The van der Waals surface area contributed by atoms with Crippen molar-refractivity contribution in [1.29, 1.82) is 0 Å². The predicted molar refractivity (Wildman–Crippen MR) is 298 cm³/mol. The molecule has 0 radical (unpaired) electrons. The van der Waals surface area contributed by atoms with Crippen LogP contribution in [-0.4, -0.2) is 21.7 Å². The average Bonchev–Trinajstić information content (AvgIpc) is 3.96. The molecule has 7 aromatic carbocycles. The third-order valence-corrected chi connectivity index (χ3v) is 16.9. The molecule has 4 aliphatic rings. The van der Waals surface area contributed by atoms with Crippen molar-refractivity contribution in [3.05, 3.63) is 233 Å². The van der Waals surface area contributed by atoms with Gasteiger partial charge in [0.05, 0.1) is 22.1 Å². The summed E-state index contributed by atoms with van der Waals surface area (Å²) in [6, 6.07) is 55.1. The van der Waals surface area contributed by atoms with Crippen LogP contribution in [0.5, 0.6) is 0 Å². The number of anilines is 2. The lowest BCUT2D eigenvalue weighted by atomic mass is 9.77. The third kappa shape index (κ3) is 6.14. The maximum atomic E-state index is 4.14. The highest BCUT2D eigenvalue weighted by Crippen LogP contribution is 2.58. The maximum absolute atomic E-state index is 4.14. The Balaban J connectivity index is 1.13. The normalized spacial score (nSPS) is 22.7. The molecule has 13 rings (SSSR count). The minimum Gasteiger partial charge on any atom is -0.353 e. The Morgan fingerprint density at radius 2 is 1.49 bits per heavy atom. The Morgan fingerprint density at radius 1 is 0.729 bits per heavy atom. The summed E-state index contributed by atoms with van der Waals surface area (Å²) in [4.78, 5) is 5.40. The first-order chi connectivity index (χ1) is 34.3. The molecular formula is C66H60N4. The molecule has 0 saturated carbocycles. The van der Waals surface area contributed by atoms with Gasteiger partial charge in [-0.15, -0.1) is 0 Å². The van der Waals surface area contributed by atoms with Gasteiger partial charge in [-0.05, 0) is 137 Å². The number of aryl methyl sites for hydroxylation is 1. The number of allylic oxidation sites excluding steroid dienone is 5. The monoisotopic (exact) mass is 908 g/mol. The van der Waals surface area contributed by atoms with Gasteiger partial charge in [-0.25, -0.2) is 0 Å². The van der Waals surface area contributed by atoms with Crippen LogP contribution in [0.25, 0.3) is 61.3 Å². The largest absolute Gasteiger partial charge is 0.353 e. The van der Waals surface area contributed by atoms with Crippen LogP contribution >= 0.6 is 0 Å². The lowest BCUT2D eigenvalue weighted by Gasteiger charge is -2.43. The number of hydrogen-bond donors (Lipinski definition) is 0. The molecule has 70 heavy (non-hydrogen) atoms. The molecule has 4 heterocycles. The second-order valence-electron chi connectivity index (χ2n) is 20.7. The zero-order valence-corrected chi connectivity index (χ0v) is 41.0. The highest BCUT2D eigenvalue weighted by molar-refractivity contribution is 6.11. The summed E-state index contributed by atoms with van der Waals surface area (Å²) in [6.45, 7) is 13.8. The average molecular weight is 909 g/mol. The first-order valence-electron chi connectivity index (χ1n) is 25.5. The minimum atomic E-state index is -0.265. The summed E-state index contributed by atoms with van der Waals surface area (Å²) < 4.78 is 5.31. The smallest absolute Gasteiger partial charge is 0.113 e. The summed E-state index contributed by atoms with van der Waals surface area (Å²) >= 11 is 0. The van der Waals surface area contributed by atoms with Crippen molar-refractivity contribution in [2.45, 2.75) is 76.4 Å². The van der Waals surface area contributed by atoms with E-state index in [0.717, 1.165) is 19.3 Å². The third-order valence-electron chi connectivity index (χ3n) is 16.9. The number of fused-ring (bicyclic) bond motifs is 11. The molecule has 0 fully saturated rings. The molecule has 2 aliphatic heterocycles. The van der Waals surface area contributed by atoms with Gasteiger partial charge in [0.1, 0.15) is 6.17 Å². The summed E-state index contributed by atoms with van der Waals surface area (Å²) in [5.41, 5.74) is 18.3. The molecule has 6 atom stereocenters. The summed E-state index contributed by atoms with van der Waals surface area (Å²) in [5.74, 6) is 0.913. The Kier molecular flexibility index (Phi) is 9.89. The van der Waals surface area contributed by atoms with Gasteiger partial charge >= 0.3 is 0 Å². The van der Waals surface area contributed by atoms with Crippen LogP contribution in [0.4, 0.5) is 11.4 Å². The van der Waals surface area contributed by atoms with Crippen LogP contribution in [0.3, 0.4) is 0 Å². The standard InChI is InChI=1S/C66H60N4/c1-7-9-27-50-42(3)34-35-58-64(50)61-43(4)37-49(70-59-40-46-23-14-13-22-45(46)39-53(59)54-30-19-20-36-66(54,70)5)41-60(61)69(58)65-62(44(8-2)38-47-24-15-17-31-55(47)67(65)6)52-29-21-33-57-63(52)51-28-16-18-32-56(51)68(57)48-25-11-10-12-26-48/h7,9-36,39-41,43-44,54,62,65H,1,8,37-38H2,2-6H3/b27-9-. The van der Waals surface area contributed by atoms with Crippen LogP contribution in [0.1, 0.15) is 96.6 Å². The van der Waals surface area contributed by atoms with Crippen LogP contribution in [-0.2, 0) is 6.42 Å². The van der Waals surface area contributed by atoms with Gasteiger partial charge in [-0.1, -0.05) is 166 Å². The zero-order valence-electron chi connectivity index (χ0n) is 41.0. The van der Waals surface area contributed by atoms with Gasteiger partial charge in [0.25, 0.3) is 0 Å². The number of likely N-dealkylation sites (N-methyl/N-ethyl adjacent to an activating group) is 1. The first-order valence-corrected chi connectivity index (χ1v) is 25.5. The van der Waals surface area contributed by atoms with Crippen molar-refractivity contribution in [3.8, 4) is 5.69 Å². The molecule has 2 aromatic heterocycles. The van der Waals surface area contributed by atoms with E-state index in [9.17, 15) is 0 Å². The Labute approximate surface area is 412 Å². The van der Waals surface area contributed by atoms with E-state index in [0.29, 0.717) is 5.92 Å². The Hall–Kier alpha value is -7.56. The van der Waals surface area contributed by atoms with Crippen molar-refractivity contribution in [1.82, 2.24) is 9.13 Å². The quantitative estimate of drug-likeness (QED) is 0.148. The lowest BCUT2D eigenvalue weighted by Crippen LogP contribution is -2.45. The van der Waals surface area contributed by atoms with E-state index in [2.05, 4.69) is 248 Å². The van der Waals surface area contributed by atoms with Crippen molar-refractivity contribution >= 4 is 67.0 Å². The Bertz CT molecular complexity index is 3720. The molecular weight excluding hydrogens is 849 g/mol. The van der Waals surface area contributed by atoms with E-state index in [4.69, 9.17) is 0 Å². The molecule has 6 unspecified atom stereocenters. The van der Waals surface area contributed by atoms with Gasteiger partial charge in [-0.3, -0.25) is 0 Å². The van der Waals surface area contributed by atoms with Crippen LogP contribution < -0.4 is 9.80 Å². The topological polar surface area (TPSA) is 16.3 Å². The molecule has 9 aromatic rings. The van der Waals surface area contributed by atoms with Gasteiger partial charge < -0.3 is 18.9 Å².